The molecule has 0 fully saturated rings. The van der Waals surface area contributed by atoms with Gasteiger partial charge in [0.25, 0.3) is 0 Å². The minimum absolute atomic E-state index is 0.386. The highest BCUT2D eigenvalue weighted by Gasteiger charge is 1.93. The fourth-order valence-electron chi connectivity index (χ4n) is 0.544. The van der Waals surface area contributed by atoms with Crippen molar-refractivity contribution in [3.8, 4) is 0 Å². The lowest BCUT2D eigenvalue weighted by atomic mass is 10.3. The van der Waals surface area contributed by atoms with Gasteiger partial charge in [0.05, 0.1) is 16.4 Å². The number of benzene rings is 1. The van der Waals surface area contributed by atoms with E-state index in [1.165, 1.54) is 6.07 Å². The summed E-state index contributed by atoms with van der Waals surface area (Å²) >= 11 is 5.57. The number of nitrogens with two attached hydrogens (primary N) is 1. The highest BCUT2D eigenvalue weighted by atomic mass is 35.5. The van der Waals surface area contributed by atoms with Gasteiger partial charge >= 0.3 is 0 Å². The van der Waals surface area contributed by atoms with Crippen LogP contribution in [-0.2, 0) is 0 Å². The minimum atomic E-state index is 0.386. The smallest absolute Gasteiger partial charge is 0.0636 e. The van der Waals surface area contributed by atoms with Crippen molar-refractivity contribution in [3.05, 3.63) is 23.2 Å². The van der Waals surface area contributed by atoms with Crippen molar-refractivity contribution in [2.75, 3.05) is 5.73 Å². The van der Waals surface area contributed by atoms with E-state index >= 15 is 0 Å². The molecule has 0 aromatic heterocycles. The Morgan fingerprint density at radius 1 is 1.44 bits per heavy atom. The molecule has 47 valence electrons. The number of hydrogen-bond donors (Lipinski definition) is 1. The molecular formula is C6H6ClN2. The highest BCUT2D eigenvalue weighted by Crippen LogP contribution is 2.20. The van der Waals surface area contributed by atoms with Crippen molar-refractivity contribution in [3.63, 3.8) is 0 Å². The Kier molecular flexibility index (Phi) is 1.49. The second-order valence-electron chi connectivity index (χ2n) is 1.74. The normalized spacial score (nSPS) is 9.44. The Morgan fingerprint density at radius 3 is 2.56 bits per heavy atom. The predicted molar refractivity (Wildman–Crippen MR) is 38.6 cm³/mol. The zero-order chi connectivity index (χ0) is 6.85. The molecule has 0 spiro atoms. The first-order valence-electron chi connectivity index (χ1n) is 2.47. The molecule has 3 N–H and O–H groups in total. The van der Waals surface area contributed by atoms with Crippen molar-refractivity contribution in [2.45, 2.75) is 0 Å². The standard InChI is InChI=1S/C6H6ClN2/c7-5-2-1-4(8)3-6(5)9/h1-3,8H,9H2. The Morgan fingerprint density at radius 2 is 2.11 bits per heavy atom. The lowest BCUT2D eigenvalue weighted by Crippen LogP contribution is -1.84. The zero-order valence-electron chi connectivity index (χ0n) is 4.69. The van der Waals surface area contributed by atoms with Crippen LogP contribution in [0.4, 0.5) is 11.4 Å². The van der Waals surface area contributed by atoms with Gasteiger partial charge in [0.15, 0.2) is 0 Å². The summed E-state index contributed by atoms with van der Waals surface area (Å²) in [5.41, 5.74) is 13.3. The summed E-state index contributed by atoms with van der Waals surface area (Å²) in [6, 6.07) is 4.72. The van der Waals surface area contributed by atoms with E-state index in [4.69, 9.17) is 23.1 Å². The fraction of sp³-hybridized carbons (Fsp3) is 0. The molecule has 0 atom stereocenters. The first-order valence-corrected chi connectivity index (χ1v) is 2.84. The molecule has 0 heterocycles. The largest absolute Gasteiger partial charge is 0.397 e. The molecule has 0 unspecified atom stereocenters. The molecule has 1 aromatic rings. The number of hydrogen-bond acceptors (Lipinski definition) is 1. The van der Waals surface area contributed by atoms with Crippen LogP contribution in [0.3, 0.4) is 0 Å². The van der Waals surface area contributed by atoms with Gasteiger partial charge in [-0.3, -0.25) is 0 Å². The molecule has 1 rings (SSSR count). The van der Waals surface area contributed by atoms with Crippen LogP contribution < -0.4 is 11.5 Å². The third kappa shape index (κ3) is 1.27. The van der Waals surface area contributed by atoms with Gasteiger partial charge in [-0.25, -0.2) is 0 Å². The molecule has 0 saturated carbocycles. The highest BCUT2D eigenvalue weighted by molar-refractivity contribution is 6.33. The molecule has 1 radical (unpaired) electrons. The van der Waals surface area contributed by atoms with Crippen molar-refractivity contribution < 1.29 is 0 Å². The molecule has 1 aromatic carbocycles. The van der Waals surface area contributed by atoms with E-state index in [9.17, 15) is 0 Å². The van der Waals surface area contributed by atoms with Crippen LogP contribution in [0.25, 0.3) is 0 Å². The number of halogens is 1. The maximum Gasteiger partial charge on any atom is 0.0636 e. The Balaban J connectivity index is 3.17. The topological polar surface area (TPSA) is 49.8 Å². The van der Waals surface area contributed by atoms with Gasteiger partial charge < -0.3 is 11.5 Å². The van der Waals surface area contributed by atoms with Gasteiger partial charge in [0.1, 0.15) is 0 Å². The molecule has 0 aliphatic heterocycles. The summed E-state index contributed by atoms with van der Waals surface area (Å²) < 4.78 is 0. The summed E-state index contributed by atoms with van der Waals surface area (Å²) in [5, 5.41) is 0.506. The van der Waals surface area contributed by atoms with Crippen LogP contribution in [0.2, 0.25) is 5.02 Å². The monoisotopic (exact) mass is 141 g/mol. The van der Waals surface area contributed by atoms with Crippen molar-refractivity contribution in [1.29, 1.82) is 0 Å². The van der Waals surface area contributed by atoms with E-state index in [1.807, 2.05) is 0 Å². The molecular weight excluding hydrogens is 136 g/mol. The molecule has 2 nitrogen and oxygen atoms in total. The van der Waals surface area contributed by atoms with Gasteiger partial charge in [-0.1, -0.05) is 11.6 Å². The average Bonchev–Trinajstić information content (AvgIpc) is 1.80. The fourth-order valence-corrected chi connectivity index (χ4v) is 0.661. The summed E-state index contributed by atoms with van der Waals surface area (Å²) in [6.07, 6.45) is 0. The third-order valence-electron chi connectivity index (χ3n) is 0.996. The van der Waals surface area contributed by atoms with Crippen LogP contribution in [-0.4, -0.2) is 0 Å². The van der Waals surface area contributed by atoms with Crippen LogP contribution in [0.15, 0.2) is 18.2 Å². The summed E-state index contributed by atoms with van der Waals surface area (Å²) in [4.78, 5) is 0. The maximum atomic E-state index is 7.09. The Labute approximate surface area is 58.4 Å². The number of nitrogens with one attached hydrogen (secondary N) is 1. The van der Waals surface area contributed by atoms with E-state index < -0.39 is 0 Å². The van der Waals surface area contributed by atoms with Crippen LogP contribution >= 0.6 is 11.6 Å². The zero-order valence-corrected chi connectivity index (χ0v) is 5.44. The number of anilines is 1. The molecule has 3 heteroatoms. The number of rotatable bonds is 0. The SMILES string of the molecule is [NH]c1ccc(Cl)c(N)c1. The van der Waals surface area contributed by atoms with Crippen molar-refractivity contribution in [2.24, 2.45) is 0 Å². The molecule has 0 amide bonds. The summed E-state index contributed by atoms with van der Waals surface area (Å²) in [6.45, 7) is 0. The van der Waals surface area contributed by atoms with Crippen LogP contribution in [0, 0.1) is 0 Å². The molecule has 0 bridgehead atoms. The minimum Gasteiger partial charge on any atom is -0.397 e. The van der Waals surface area contributed by atoms with Gasteiger partial charge in [0.2, 0.25) is 0 Å². The average molecular weight is 142 g/mol. The second-order valence-corrected chi connectivity index (χ2v) is 2.14. The van der Waals surface area contributed by atoms with Crippen LogP contribution in [0.5, 0.6) is 0 Å². The van der Waals surface area contributed by atoms with E-state index in [0.29, 0.717) is 16.4 Å². The quantitative estimate of drug-likeness (QED) is 0.551. The van der Waals surface area contributed by atoms with Crippen molar-refractivity contribution >= 4 is 23.0 Å². The summed E-state index contributed by atoms with van der Waals surface area (Å²) in [5.74, 6) is 0. The first kappa shape index (κ1) is 6.23. The molecule has 9 heavy (non-hydrogen) atoms. The second kappa shape index (κ2) is 2.15. The third-order valence-corrected chi connectivity index (χ3v) is 1.34. The lowest BCUT2D eigenvalue weighted by Gasteiger charge is -1.95. The molecule has 0 saturated heterocycles. The predicted octanol–water partition coefficient (Wildman–Crippen LogP) is 1.84. The van der Waals surface area contributed by atoms with Gasteiger partial charge in [0, 0.05) is 0 Å². The number of nitrogen functional groups attached to an aromatic ring is 1. The molecule has 0 aliphatic rings. The van der Waals surface area contributed by atoms with Gasteiger partial charge in [-0.15, -0.1) is 0 Å². The van der Waals surface area contributed by atoms with Crippen molar-refractivity contribution in [1.82, 2.24) is 5.73 Å². The van der Waals surface area contributed by atoms with E-state index in [1.54, 1.807) is 12.1 Å². The van der Waals surface area contributed by atoms with Gasteiger partial charge in [-0.2, -0.15) is 0 Å². The summed E-state index contributed by atoms with van der Waals surface area (Å²) in [7, 11) is 0. The van der Waals surface area contributed by atoms with Crippen LogP contribution in [0.1, 0.15) is 0 Å². The lowest BCUT2D eigenvalue weighted by molar-refractivity contribution is 1.49. The van der Waals surface area contributed by atoms with E-state index in [0.717, 1.165) is 0 Å². The van der Waals surface area contributed by atoms with E-state index in [2.05, 4.69) is 0 Å². The van der Waals surface area contributed by atoms with Gasteiger partial charge in [-0.05, 0) is 18.2 Å². The van der Waals surface area contributed by atoms with E-state index in [-0.39, 0.29) is 0 Å². The first-order chi connectivity index (χ1) is 4.20. The Bertz CT molecular complexity index is 222. The molecule has 0 aliphatic carbocycles. The maximum absolute atomic E-state index is 7.09. The Hall–Kier alpha value is -0.890.